The zero-order valence-corrected chi connectivity index (χ0v) is 30.7. The van der Waals surface area contributed by atoms with E-state index in [0.29, 0.717) is 41.8 Å². The van der Waals surface area contributed by atoms with E-state index in [0.717, 1.165) is 46.0 Å². The minimum Gasteiger partial charge on any atom is -0.508 e. The highest BCUT2D eigenvalue weighted by atomic mass is 19.1. The van der Waals surface area contributed by atoms with E-state index in [1.165, 1.54) is 0 Å². The molecule has 2 N–H and O–H groups in total. The van der Waals surface area contributed by atoms with Crippen molar-refractivity contribution in [1.29, 1.82) is 0 Å². The Hall–Kier alpha value is -5.81. The minimum atomic E-state index is -3.38. The number of piperidine rings is 2. The fourth-order valence-electron chi connectivity index (χ4n) is 7.94. The lowest BCUT2D eigenvalue weighted by Crippen LogP contribution is -2.54. The van der Waals surface area contributed by atoms with Crippen molar-refractivity contribution in [2.75, 3.05) is 55.4 Å². The van der Waals surface area contributed by atoms with E-state index in [-0.39, 0.29) is 36.0 Å². The molecular formula is C45H46FN5O5. The molecule has 0 radical (unpaired) electrons. The Morgan fingerprint density at radius 2 is 1.45 bits per heavy atom. The molecule has 4 aromatic rings. The van der Waals surface area contributed by atoms with E-state index in [2.05, 4.69) is 24.0 Å². The standard InChI is InChI=1S/C45H46FN5O5/c1-2-36(30-6-4-3-5-7-30)41(32-10-14-35(52)15-11-32)31-8-12-33(13-9-31)49-20-18-29(19-21-49)28-48-22-24-50(25-23-48)34-26-37-42(38(46)27-34)45(56)51(44(37)55)39-16-17-40(53)47-43(39)54/h3-15,26-27,29,39,52H,2,16-25,28H2,1H3,(H,47,53,54)/i22D2,23D2,24D2,25D2. The van der Waals surface area contributed by atoms with Crippen LogP contribution in [0.3, 0.4) is 0 Å². The Balaban J connectivity index is 1.01. The van der Waals surface area contributed by atoms with E-state index in [1.807, 2.05) is 59.9 Å². The number of hydrogen-bond acceptors (Lipinski definition) is 8. The van der Waals surface area contributed by atoms with Crippen molar-refractivity contribution in [1.82, 2.24) is 15.1 Å². The number of halogens is 1. The molecule has 0 saturated carbocycles. The fraction of sp³-hybridized carbons (Fsp3) is 0.333. The van der Waals surface area contributed by atoms with Crippen LogP contribution in [-0.2, 0) is 9.59 Å². The van der Waals surface area contributed by atoms with E-state index < -0.39 is 78.3 Å². The van der Waals surface area contributed by atoms with Crippen molar-refractivity contribution < 1.29 is 39.6 Å². The second-order valence-corrected chi connectivity index (χ2v) is 14.3. The number of fused-ring (bicyclic) bond motifs is 1. The molecule has 0 aromatic heterocycles. The zero-order valence-electron chi connectivity index (χ0n) is 38.7. The Kier molecular flexibility index (Phi) is 8.03. The molecule has 56 heavy (non-hydrogen) atoms. The molecule has 4 amide bonds. The topological polar surface area (TPSA) is 114 Å². The summed E-state index contributed by atoms with van der Waals surface area (Å²) in [5, 5.41) is 12.1. The first-order valence-corrected chi connectivity index (χ1v) is 18.8. The lowest BCUT2D eigenvalue weighted by molar-refractivity contribution is -0.136. The lowest BCUT2D eigenvalue weighted by atomic mass is 9.88. The number of phenols is 1. The summed E-state index contributed by atoms with van der Waals surface area (Å²) in [6.07, 6.45) is 1.23. The van der Waals surface area contributed by atoms with E-state index in [1.54, 1.807) is 12.1 Å². The predicted octanol–water partition coefficient (Wildman–Crippen LogP) is 6.34. The molecule has 0 bridgehead atoms. The average molecular weight is 764 g/mol. The number of hydrogen-bond donors (Lipinski definition) is 2. The van der Waals surface area contributed by atoms with Crippen LogP contribution in [0.5, 0.6) is 5.75 Å². The fourth-order valence-corrected chi connectivity index (χ4v) is 7.94. The third-order valence-corrected chi connectivity index (χ3v) is 10.8. The summed E-state index contributed by atoms with van der Waals surface area (Å²) in [6.45, 7) is -10.5. The van der Waals surface area contributed by atoms with Gasteiger partial charge in [-0.15, -0.1) is 0 Å². The molecule has 10 nitrogen and oxygen atoms in total. The molecular weight excluding hydrogens is 710 g/mol. The van der Waals surface area contributed by atoms with Crippen LogP contribution in [0.4, 0.5) is 15.8 Å². The summed E-state index contributed by atoms with van der Waals surface area (Å²) in [5.41, 5.74) is 3.97. The number of allylic oxidation sites excluding steroid dienone is 1. The minimum absolute atomic E-state index is 0.143. The largest absolute Gasteiger partial charge is 0.508 e. The lowest BCUT2D eigenvalue weighted by Gasteiger charge is -2.40. The summed E-state index contributed by atoms with van der Waals surface area (Å²) in [4.78, 5) is 54.5. The Morgan fingerprint density at radius 3 is 2.09 bits per heavy atom. The maximum absolute atomic E-state index is 15.9. The molecule has 3 fully saturated rings. The highest BCUT2D eigenvalue weighted by molar-refractivity contribution is 6.24. The number of carbonyl (C=O) groups is 4. The van der Waals surface area contributed by atoms with Gasteiger partial charge in [-0.25, -0.2) is 4.39 Å². The highest BCUT2D eigenvalue weighted by Gasteiger charge is 2.46. The van der Waals surface area contributed by atoms with Crippen LogP contribution in [0.2, 0.25) is 0 Å². The number of nitrogens with one attached hydrogen (secondary N) is 1. The van der Waals surface area contributed by atoms with Gasteiger partial charge in [-0.3, -0.25) is 34.3 Å². The molecule has 0 spiro atoms. The van der Waals surface area contributed by atoms with Gasteiger partial charge in [-0.1, -0.05) is 61.5 Å². The van der Waals surface area contributed by atoms with Gasteiger partial charge in [0.15, 0.2) is 0 Å². The SMILES string of the molecule is [2H]C1([2H])N(CC2CCN(c3ccc(C(=C(CC)c4ccccc4)c4ccc(O)cc4)cc3)CC2)C([2H])([2H])C([2H])([2H])N(c2cc(F)c3c(c2)C(=O)N(C2CCC(=O)NC2=O)C3=O)C1([2H])[2H]. The van der Waals surface area contributed by atoms with Crippen molar-refractivity contribution in [2.24, 2.45) is 5.92 Å². The average Bonchev–Trinajstić information content (AvgIpc) is 3.50. The summed E-state index contributed by atoms with van der Waals surface area (Å²) in [7, 11) is 0. The third kappa shape index (κ3) is 7.31. The number of nitrogens with zero attached hydrogens (tertiary/aromatic N) is 4. The first-order chi connectivity index (χ1) is 30.2. The van der Waals surface area contributed by atoms with Gasteiger partial charge in [0.2, 0.25) is 11.8 Å². The number of anilines is 2. The van der Waals surface area contributed by atoms with Gasteiger partial charge in [0, 0.05) is 68.9 Å². The van der Waals surface area contributed by atoms with Crippen molar-refractivity contribution in [3.63, 3.8) is 0 Å². The zero-order chi connectivity index (χ0) is 46.1. The second kappa shape index (κ2) is 15.7. The molecule has 4 heterocycles. The highest BCUT2D eigenvalue weighted by Crippen LogP contribution is 2.37. The van der Waals surface area contributed by atoms with Gasteiger partial charge in [-0.05, 0) is 95.8 Å². The van der Waals surface area contributed by atoms with Crippen LogP contribution in [0, 0.1) is 11.7 Å². The molecule has 3 saturated heterocycles. The van der Waals surface area contributed by atoms with Gasteiger partial charge in [0.05, 0.1) is 16.6 Å². The maximum atomic E-state index is 15.9. The molecule has 8 rings (SSSR count). The third-order valence-electron chi connectivity index (χ3n) is 10.8. The number of phenolic OH excluding ortho intramolecular Hbond substituents is 1. The van der Waals surface area contributed by atoms with E-state index in [4.69, 9.17) is 11.0 Å². The number of imide groups is 2. The molecule has 0 aliphatic carbocycles. The first kappa shape index (κ1) is 28.6. The first-order valence-electron chi connectivity index (χ1n) is 22.8. The Morgan fingerprint density at radius 1 is 0.786 bits per heavy atom. The number of carbonyl (C=O) groups excluding carboxylic acids is 4. The van der Waals surface area contributed by atoms with E-state index in [9.17, 15) is 24.3 Å². The number of amides is 4. The predicted molar refractivity (Wildman–Crippen MR) is 214 cm³/mol. The van der Waals surface area contributed by atoms with Crippen molar-refractivity contribution >= 4 is 46.1 Å². The summed E-state index contributed by atoms with van der Waals surface area (Å²) in [5.74, 6) is -5.51. The van der Waals surface area contributed by atoms with Crippen molar-refractivity contribution in [3.05, 3.63) is 125 Å². The van der Waals surface area contributed by atoms with E-state index >= 15 is 4.39 Å². The number of aromatic hydroxyl groups is 1. The molecule has 1 unspecified atom stereocenters. The molecule has 4 aliphatic heterocycles. The maximum Gasteiger partial charge on any atom is 0.265 e. The smallest absolute Gasteiger partial charge is 0.265 e. The van der Waals surface area contributed by atoms with Gasteiger partial charge in [0.25, 0.3) is 11.8 Å². The van der Waals surface area contributed by atoms with Gasteiger partial charge in [0.1, 0.15) is 17.6 Å². The van der Waals surface area contributed by atoms with Crippen LogP contribution >= 0.6 is 0 Å². The van der Waals surface area contributed by atoms with Gasteiger partial charge < -0.3 is 14.9 Å². The quantitative estimate of drug-likeness (QED) is 0.150. The normalized spacial score (nSPS) is 25.7. The monoisotopic (exact) mass is 763 g/mol. The molecule has 4 aromatic carbocycles. The van der Waals surface area contributed by atoms with Crippen LogP contribution < -0.4 is 15.1 Å². The molecule has 11 heteroatoms. The van der Waals surface area contributed by atoms with Gasteiger partial charge in [-0.2, -0.15) is 0 Å². The molecule has 288 valence electrons. The van der Waals surface area contributed by atoms with Gasteiger partial charge >= 0.3 is 0 Å². The summed E-state index contributed by atoms with van der Waals surface area (Å²) in [6, 6.07) is 25.2. The molecule has 1 atom stereocenters. The Labute approximate surface area is 337 Å². The summed E-state index contributed by atoms with van der Waals surface area (Å²) >= 11 is 0. The second-order valence-electron chi connectivity index (χ2n) is 14.3. The van der Waals surface area contributed by atoms with Crippen molar-refractivity contribution in [3.8, 4) is 5.75 Å². The number of piperazine rings is 1. The number of rotatable bonds is 9. The molecule has 4 aliphatic rings. The van der Waals surface area contributed by atoms with Crippen LogP contribution in [-0.4, -0.2) is 90.2 Å². The van der Waals surface area contributed by atoms with Crippen molar-refractivity contribution in [2.45, 2.75) is 45.1 Å². The summed E-state index contributed by atoms with van der Waals surface area (Å²) < 4.78 is 88.2. The van der Waals surface area contributed by atoms with Crippen LogP contribution in [0.25, 0.3) is 11.1 Å². The van der Waals surface area contributed by atoms with Crippen LogP contribution in [0.1, 0.15) is 87.4 Å². The number of benzene rings is 4. The van der Waals surface area contributed by atoms with Crippen LogP contribution in [0.15, 0.2) is 91.0 Å². The Bertz CT molecular complexity index is 2520.